The molecule has 0 bridgehead atoms. The van der Waals surface area contributed by atoms with Gasteiger partial charge >= 0.3 is 0 Å². The highest BCUT2D eigenvalue weighted by molar-refractivity contribution is 7.97. The predicted octanol–water partition coefficient (Wildman–Crippen LogP) is 5.73. The van der Waals surface area contributed by atoms with E-state index in [2.05, 4.69) is 35.3 Å². The number of benzene rings is 2. The number of aryl methyl sites for hydroxylation is 1. The van der Waals surface area contributed by atoms with Gasteiger partial charge in [-0.2, -0.15) is 0 Å². The van der Waals surface area contributed by atoms with E-state index in [9.17, 15) is 0 Å². The summed E-state index contributed by atoms with van der Waals surface area (Å²) in [6.45, 7) is 6.32. The molecule has 0 aliphatic heterocycles. The second kappa shape index (κ2) is 7.53. The molecule has 2 nitrogen and oxygen atoms in total. The first-order valence-electron chi connectivity index (χ1n) is 6.88. The number of rotatable bonds is 5. The Bertz CT molecular complexity index is 611. The molecule has 0 N–H and O–H groups in total. The molecular weight excluding hydrogens is 300 g/mol. The molecule has 0 aliphatic carbocycles. The van der Waals surface area contributed by atoms with Crippen molar-refractivity contribution in [1.82, 2.24) is 4.31 Å². The average molecular weight is 319 g/mol. The van der Waals surface area contributed by atoms with Gasteiger partial charge in [0.15, 0.2) is 0 Å². The topological polar surface area (TPSA) is 15.6 Å². The van der Waals surface area contributed by atoms with Gasteiger partial charge in [-0.15, -0.1) is 0 Å². The van der Waals surface area contributed by atoms with Crippen LogP contribution in [0.4, 0.5) is 5.69 Å². The van der Waals surface area contributed by atoms with Gasteiger partial charge in [0, 0.05) is 16.0 Å². The Morgan fingerprint density at radius 2 is 1.86 bits per heavy atom. The van der Waals surface area contributed by atoms with Crippen molar-refractivity contribution in [2.75, 3.05) is 0 Å². The first-order valence-corrected chi connectivity index (χ1v) is 8.03. The maximum atomic E-state index is 5.97. The third-order valence-electron chi connectivity index (χ3n) is 2.93. The smallest absolute Gasteiger partial charge is 0.102 e. The number of hydrogen-bond acceptors (Lipinski definition) is 2. The Morgan fingerprint density at radius 1 is 1.14 bits per heavy atom. The van der Waals surface area contributed by atoms with Gasteiger partial charge in [-0.05, 0) is 68.6 Å². The zero-order chi connectivity index (χ0) is 15.2. The molecule has 0 fully saturated rings. The summed E-state index contributed by atoms with van der Waals surface area (Å²) in [6, 6.07) is 16.4. The number of nitrogens with zero attached hydrogens (tertiary/aromatic N) is 2. The Morgan fingerprint density at radius 3 is 2.48 bits per heavy atom. The molecule has 0 aliphatic rings. The van der Waals surface area contributed by atoms with Crippen LogP contribution >= 0.6 is 23.5 Å². The lowest BCUT2D eigenvalue weighted by Crippen LogP contribution is -2.21. The molecule has 0 amide bonds. The summed E-state index contributed by atoms with van der Waals surface area (Å²) in [4.78, 5) is 5.79. The molecule has 2 aromatic rings. The molecule has 0 saturated carbocycles. The number of hydrogen-bond donors (Lipinski definition) is 0. The lowest BCUT2D eigenvalue weighted by atomic mass is 10.2. The average Bonchev–Trinajstić information content (AvgIpc) is 2.46. The molecular formula is C17H19ClN2S. The Labute approximate surface area is 136 Å². The van der Waals surface area contributed by atoms with Gasteiger partial charge in [-0.1, -0.05) is 29.8 Å². The van der Waals surface area contributed by atoms with Crippen molar-refractivity contribution < 1.29 is 0 Å². The van der Waals surface area contributed by atoms with Crippen LogP contribution in [0.2, 0.25) is 5.02 Å². The lowest BCUT2D eigenvalue weighted by molar-refractivity contribution is 0.563. The van der Waals surface area contributed by atoms with Crippen LogP contribution < -0.4 is 0 Å². The maximum Gasteiger partial charge on any atom is 0.102 e. The van der Waals surface area contributed by atoms with Crippen LogP contribution in [-0.4, -0.2) is 16.7 Å². The quantitative estimate of drug-likeness (QED) is 0.397. The fourth-order valence-corrected chi connectivity index (χ4v) is 2.80. The summed E-state index contributed by atoms with van der Waals surface area (Å²) < 4.78 is 2.14. The molecule has 0 heterocycles. The highest BCUT2D eigenvalue weighted by Gasteiger charge is 2.07. The van der Waals surface area contributed by atoms with Crippen molar-refractivity contribution in [3.05, 3.63) is 59.1 Å². The van der Waals surface area contributed by atoms with Crippen LogP contribution in [0.25, 0.3) is 0 Å². The van der Waals surface area contributed by atoms with E-state index in [-0.39, 0.29) is 0 Å². The van der Waals surface area contributed by atoms with Gasteiger partial charge in [0.1, 0.15) is 6.34 Å². The highest BCUT2D eigenvalue weighted by Crippen LogP contribution is 2.25. The van der Waals surface area contributed by atoms with E-state index in [4.69, 9.17) is 11.6 Å². The minimum atomic E-state index is 0.353. The van der Waals surface area contributed by atoms with E-state index in [0.717, 1.165) is 16.3 Å². The summed E-state index contributed by atoms with van der Waals surface area (Å²) in [6.07, 6.45) is 1.89. The Hall–Kier alpha value is -1.45. The summed E-state index contributed by atoms with van der Waals surface area (Å²) in [5.74, 6) is 0. The standard InChI is InChI=1S/C17H19ClN2S/c1-13(2)20(21-16-7-5-4-6-8-16)12-19-17-10-9-15(18)11-14(17)3/h4-13H,1-3H3. The van der Waals surface area contributed by atoms with Gasteiger partial charge in [0.25, 0.3) is 0 Å². The first kappa shape index (κ1) is 15.9. The molecule has 0 atom stereocenters. The van der Waals surface area contributed by atoms with E-state index in [1.807, 2.05) is 49.7 Å². The van der Waals surface area contributed by atoms with Crippen LogP contribution in [0, 0.1) is 6.92 Å². The van der Waals surface area contributed by atoms with Crippen LogP contribution in [-0.2, 0) is 0 Å². The summed E-state index contributed by atoms with van der Waals surface area (Å²) >= 11 is 7.65. The molecule has 0 unspecified atom stereocenters. The van der Waals surface area contributed by atoms with Crippen molar-refractivity contribution in [2.24, 2.45) is 4.99 Å². The Kier molecular flexibility index (Phi) is 5.71. The van der Waals surface area contributed by atoms with Crippen LogP contribution in [0.5, 0.6) is 0 Å². The summed E-state index contributed by atoms with van der Waals surface area (Å²) in [7, 11) is 0. The third kappa shape index (κ3) is 4.80. The zero-order valence-corrected chi connectivity index (χ0v) is 14.0. The van der Waals surface area contributed by atoms with Crippen molar-refractivity contribution >= 4 is 35.6 Å². The molecule has 2 rings (SSSR count). The normalized spacial score (nSPS) is 11.3. The van der Waals surface area contributed by atoms with Crippen molar-refractivity contribution in [3.63, 3.8) is 0 Å². The fraction of sp³-hybridized carbons (Fsp3) is 0.235. The monoisotopic (exact) mass is 318 g/mol. The molecule has 21 heavy (non-hydrogen) atoms. The SMILES string of the molecule is Cc1cc(Cl)ccc1N=CN(Sc1ccccc1)C(C)C. The number of halogens is 1. The maximum absolute atomic E-state index is 5.97. The molecule has 110 valence electrons. The third-order valence-corrected chi connectivity index (χ3v) is 4.38. The molecule has 0 spiro atoms. The van der Waals surface area contributed by atoms with Crippen molar-refractivity contribution in [1.29, 1.82) is 0 Å². The Balaban J connectivity index is 2.14. The lowest BCUT2D eigenvalue weighted by Gasteiger charge is -2.22. The van der Waals surface area contributed by atoms with Gasteiger partial charge in [-0.25, -0.2) is 4.99 Å². The molecule has 0 radical (unpaired) electrons. The second-order valence-electron chi connectivity index (χ2n) is 5.03. The molecule has 0 saturated heterocycles. The first-order chi connectivity index (χ1) is 10.1. The summed E-state index contributed by atoms with van der Waals surface area (Å²) in [5.41, 5.74) is 2.02. The molecule has 4 heteroatoms. The van der Waals surface area contributed by atoms with Gasteiger partial charge < -0.3 is 4.31 Å². The highest BCUT2D eigenvalue weighted by atomic mass is 35.5. The van der Waals surface area contributed by atoms with Crippen LogP contribution in [0.1, 0.15) is 19.4 Å². The van der Waals surface area contributed by atoms with E-state index in [1.165, 1.54) is 4.90 Å². The van der Waals surface area contributed by atoms with Gasteiger partial charge in [-0.3, -0.25) is 0 Å². The summed E-state index contributed by atoms with van der Waals surface area (Å²) in [5, 5.41) is 0.742. The minimum Gasteiger partial charge on any atom is -0.300 e. The van der Waals surface area contributed by atoms with Gasteiger partial charge in [0.2, 0.25) is 0 Å². The fourth-order valence-electron chi connectivity index (χ4n) is 1.75. The van der Waals surface area contributed by atoms with E-state index < -0.39 is 0 Å². The van der Waals surface area contributed by atoms with Crippen molar-refractivity contribution in [3.8, 4) is 0 Å². The van der Waals surface area contributed by atoms with Gasteiger partial charge in [0.05, 0.1) is 5.69 Å². The van der Waals surface area contributed by atoms with E-state index >= 15 is 0 Å². The molecule has 0 aromatic heterocycles. The van der Waals surface area contributed by atoms with E-state index in [0.29, 0.717) is 6.04 Å². The van der Waals surface area contributed by atoms with Crippen molar-refractivity contribution in [2.45, 2.75) is 31.7 Å². The van der Waals surface area contributed by atoms with Crippen LogP contribution in [0.3, 0.4) is 0 Å². The largest absolute Gasteiger partial charge is 0.300 e. The van der Waals surface area contributed by atoms with Crippen LogP contribution in [0.15, 0.2) is 58.4 Å². The minimum absolute atomic E-state index is 0.353. The zero-order valence-electron chi connectivity index (χ0n) is 12.5. The van der Waals surface area contributed by atoms with E-state index in [1.54, 1.807) is 11.9 Å². The second-order valence-corrected chi connectivity index (χ2v) is 6.55. The molecule has 2 aromatic carbocycles. The predicted molar refractivity (Wildman–Crippen MR) is 93.6 cm³/mol. The number of aliphatic imine (C=N–C) groups is 1.